The fraction of sp³-hybridized carbons (Fsp3) is 0.714. The number of halogens is 1. The van der Waals surface area contributed by atoms with Gasteiger partial charge in [-0.2, -0.15) is 5.10 Å². The van der Waals surface area contributed by atoms with E-state index in [0.717, 1.165) is 55.1 Å². The highest BCUT2D eigenvalue weighted by molar-refractivity contribution is 6.17. The summed E-state index contributed by atoms with van der Waals surface area (Å²) < 4.78 is 10.1. The fourth-order valence-electron chi connectivity index (χ4n) is 3.12. The van der Waals surface area contributed by atoms with Crippen LogP contribution < -0.4 is 0 Å². The van der Waals surface area contributed by atoms with Gasteiger partial charge in [0.25, 0.3) is 0 Å². The first-order valence-electron chi connectivity index (χ1n) is 7.13. The van der Waals surface area contributed by atoms with Crippen LogP contribution >= 0.6 is 11.6 Å². The van der Waals surface area contributed by atoms with Gasteiger partial charge in [-0.25, -0.2) is 4.98 Å². The third-order valence-corrected chi connectivity index (χ3v) is 4.27. The average molecular weight is 297 g/mol. The molecule has 0 amide bonds. The lowest BCUT2D eigenvalue weighted by atomic mass is 10.0. The molecule has 5 nitrogen and oxygen atoms in total. The van der Waals surface area contributed by atoms with Crippen molar-refractivity contribution >= 4 is 22.8 Å². The van der Waals surface area contributed by atoms with Crippen molar-refractivity contribution in [3.8, 4) is 0 Å². The Balaban J connectivity index is 2.08. The molecular weight excluding hydrogens is 276 g/mol. The zero-order valence-corrected chi connectivity index (χ0v) is 13.1. The van der Waals surface area contributed by atoms with Gasteiger partial charge in [-0.15, -0.1) is 11.6 Å². The normalized spacial score (nSPS) is 23.0. The van der Waals surface area contributed by atoms with E-state index >= 15 is 0 Å². The van der Waals surface area contributed by atoms with Crippen molar-refractivity contribution in [2.24, 2.45) is 7.05 Å². The molecular formula is C14H21ClN4O. The van der Waals surface area contributed by atoms with E-state index in [0.29, 0.717) is 5.88 Å². The molecule has 0 radical (unpaired) electrons. The van der Waals surface area contributed by atoms with E-state index in [2.05, 4.69) is 16.6 Å². The van der Waals surface area contributed by atoms with Gasteiger partial charge in [-0.1, -0.05) is 0 Å². The maximum atomic E-state index is 5.93. The summed E-state index contributed by atoms with van der Waals surface area (Å²) in [7, 11) is 1.97. The van der Waals surface area contributed by atoms with Gasteiger partial charge < -0.3 is 9.30 Å². The Morgan fingerprint density at radius 3 is 2.90 bits per heavy atom. The lowest BCUT2D eigenvalue weighted by Crippen LogP contribution is -2.30. The summed E-state index contributed by atoms with van der Waals surface area (Å²) in [6.45, 7) is 5.84. The van der Waals surface area contributed by atoms with E-state index < -0.39 is 0 Å². The maximum absolute atomic E-state index is 5.93. The van der Waals surface area contributed by atoms with Crippen LogP contribution in [0.1, 0.15) is 31.3 Å². The Labute approximate surface area is 123 Å². The highest BCUT2D eigenvalue weighted by atomic mass is 35.5. The smallest absolute Gasteiger partial charge is 0.158 e. The molecule has 3 heterocycles. The molecule has 1 aliphatic heterocycles. The number of hydrogen-bond donors (Lipinski definition) is 0. The van der Waals surface area contributed by atoms with Gasteiger partial charge in [0.05, 0.1) is 17.8 Å². The SMILES string of the molecule is Cc1nn(C)c2c1nc(CCCl)n2CC1(C)CCCO1. The molecule has 0 spiro atoms. The first kappa shape index (κ1) is 13.9. The summed E-state index contributed by atoms with van der Waals surface area (Å²) >= 11 is 5.93. The number of ether oxygens (including phenoxy) is 1. The second-order valence-electron chi connectivity index (χ2n) is 5.84. The second-order valence-corrected chi connectivity index (χ2v) is 6.21. The molecule has 1 saturated heterocycles. The van der Waals surface area contributed by atoms with Crippen LogP contribution in [-0.4, -0.2) is 37.4 Å². The van der Waals surface area contributed by atoms with Gasteiger partial charge in [0, 0.05) is 26.0 Å². The minimum absolute atomic E-state index is 0.104. The highest BCUT2D eigenvalue weighted by Crippen LogP contribution is 2.30. The van der Waals surface area contributed by atoms with E-state index in [4.69, 9.17) is 21.3 Å². The van der Waals surface area contributed by atoms with E-state index in [1.54, 1.807) is 0 Å². The molecule has 0 bridgehead atoms. The minimum Gasteiger partial charge on any atom is -0.373 e. The van der Waals surface area contributed by atoms with Crippen LogP contribution in [0, 0.1) is 6.92 Å². The molecule has 0 saturated carbocycles. The van der Waals surface area contributed by atoms with Gasteiger partial charge in [-0.05, 0) is 26.7 Å². The van der Waals surface area contributed by atoms with Crippen molar-refractivity contribution < 1.29 is 4.74 Å². The standard InChI is InChI=1S/C14H21ClN4O/c1-10-12-13(18(3)17-10)19(11(16-12)5-7-15)9-14(2)6-4-8-20-14/h4-9H2,1-3H3. The Hall–Kier alpha value is -1.07. The number of alkyl halides is 1. The summed E-state index contributed by atoms with van der Waals surface area (Å²) in [4.78, 5) is 4.74. The largest absolute Gasteiger partial charge is 0.373 e. The molecule has 0 aliphatic carbocycles. The second kappa shape index (κ2) is 5.04. The summed E-state index contributed by atoms with van der Waals surface area (Å²) in [6, 6.07) is 0. The third-order valence-electron chi connectivity index (χ3n) is 4.08. The molecule has 2 aromatic rings. The topological polar surface area (TPSA) is 44.9 Å². The predicted molar refractivity (Wildman–Crippen MR) is 79.3 cm³/mol. The first-order chi connectivity index (χ1) is 9.54. The number of aromatic nitrogens is 4. The van der Waals surface area contributed by atoms with Crippen LogP contribution in [0.4, 0.5) is 0 Å². The van der Waals surface area contributed by atoms with Crippen LogP contribution in [0.25, 0.3) is 11.2 Å². The Kier molecular flexibility index (Phi) is 3.50. The number of nitrogens with zero attached hydrogens (tertiary/aromatic N) is 4. The lowest BCUT2D eigenvalue weighted by Gasteiger charge is -2.25. The van der Waals surface area contributed by atoms with Crippen LogP contribution in [0.2, 0.25) is 0 Å². The molecule has 6 heteroatoms. The summed E-state index contributed by atoms with van der Waals surface area (Å²) in [6.07, 6.45) is 2.99. The van der Waals surface area contributed by atoms with E-state index in [1.807, 2.05) is 18.7 Å². The highest BCUT2D eigenvalue weighted by Gasteiger charge is 2.32. The Morgan fingerprint density at radius 2 is 2.25 bits per heavy atom. The van der Waals surface area contributed by atoms with Gasteiger partial charge in [0.1, 0.15) is 11.3 Å². The van der Waals surface area contributed by atoms with E-state index in [9.17, 15) is 0 Å². The van der Waals surface area contributed by atoms with Crippen molar-refractivity contribution in [1.29, 1.82) is 0 Å². The molecule has 20 heavy (non-hydrogen) atoms. The van der Waals surface area contributed by atoms with E-state index in [1.165, 1.54) is 0 Å². The third kappa shape index (κ3) is 2.23. The van der Waals surface area contributed by atoms with Gasteiger partial charge >= 0.3 is 0 Å². The van der Waals surface area contributed by atoms with Crippen molar-refractivity contribution in [3.05, 3.63) is 11.5 Å². The zero-order valence-electron chi connectivity index (χ0n) is 12.3. The first-order valence-corrected chi connectivity index (χ1v) is 7.66. The number of fused-ring (bicyclic) bond motifs is 1. The van der Waals surface area contributed by atoms with Crippen LogP contribution in [0.5, 0.6) is 0 Å². The summed E-state index contributed by atoms with van der Waals surface area (Å²) in [5, 5.41) is 4.47. The quantitative estimate of drug-likeness (QED) is 0.814. The monoisotopic (exact) mass is 296 g/mol. The molecule has 3 rings (SSSR count). The van der Waals surface area contributed by atoms with Crippen LogP contribution in [0.3, 0.4) is 0 Å². The maximum Gasteiger partial charge on any atom is 0.158 e. The molecule has 0 aromatic carbocycles. The van der Waals surface area contributed by atoms with Crippen LogP contribution in [0.15, 0.2) is 0 Å². The number of rotatable bonds is 4. The molecule has 0 N–H and O–H groups in total. The van der Waals surface area contributed by atoms with Gasteiger partial charge in [0.15, 0.2) is 5.65 Å². The van der Waals surface area contributed by atoms with Crippen LogP contribution in [-0.2, 0) is 24.8 Å². The number of hydrogen-bond acceptors (Lipinski definition) is 3. The van der Waals surface area contributed by atoms with Gasteiger partial charge in [0.2, 0.25) is 0 Å². The van der Waals surface area contributed by atoms with Crippen molar-refractivity contribution in [3.63, 3.8) is 0 Å². The van der Waals surface area contributed by atoms with E-state index in [-0.39, 0.29) is 5.60 Å². The molecule has 2 aromatic heterocycles. The number of aryl methyl sites for hydroxylation is 3. The summed E-state index contributed by atoms with van der Waals surface area (Å²) in [5.74, 6) is 1.61. The summed E-state index contributed by atoms with van der Waals surface area (Å²) in [5.41, 5.74) is 2.91. The molecule has 1 fully saturated rings. The molecule has 110 valence electrons. The number of imidazole rings is 1. The van der Waals surface area contributed by atoms with Gasteiger partial charge in [-0.3, -0.25) is 4.68 Å². The lowest BCUT2D eigenvalue weighted by molar-refractivity contribution is 0.00631. The van der Waals surface area contributed by atoms with Crippen molar-refractivity contribution in [2.45, 2.75) is 45.3 Å². The predicted octanol–water partition coefficient (Wildman–Crippen LogP) is 2.43. The van der Waals surface area contributed by atoms with Crippen molar-refractivity contribution in [2.75, 3.05) is 12.5 Å². The molecule has 1 atom stereocenters. The minimum atomic E-state index is -0.104. The van der Waals surface area contributed by atoms with Crippen molar-refractivity contribution in [1.82, 2.24) is 19.3 Å². The molecule has 1 unspecified atom stereocenters. The average Bonchev–Trinajstić information content (AvgIpc) is 3.02. The zero-order chi connectivity index (χ0) is 14.3. The molecule has 1 aliphatic rings. The Morgan fingerprint density at radius 1 is 1.45 bits per heavy atom. The Bertz CT molecular complexity index is 625. The fourth-order valence-corrected chi connectivity index (χ4v) is 3.29.